The molecule has 1 saturated heterocycles. The number of fused-ring (bicyclic) bond motifs is 4. The molecule has 0 saturated carbocycles. The number of aromatic nitrogens is 3. The van der Waals surface area contributed by atoms with Gasteiger partial charge in [-0.15, -0.1) is 0 Å². The Morgan fingerprint density at radius 1 is 0.523 bits per heavy atom. The van der Waals surface area contributed by atoms with Crippen LogP contribution in [0.25, 0.3) is 61.0 Å². The molecular weight excluding hydrogens is 541 g/mol. The zero-order valence-electron chi connectivity index (χ0n) is 25.3. The molecule has 1 fully saturated rings. The third kappa shape index (κ3) is 4.09. The van der Waals surface area contributed by atoms with Crippen LogP contribution in [0.3, 0.4) is 0 Å². The van der Waals surface area contributed by atoms with Crippen LogP contribution in [-0.2, 0) is 9.31 Å². The lowest BCUT2D eigenvalue weighted by Gasteiger charge is -2.32. The molecule has 0 spiro atoms. The quantitative estimate of drug-likeness (QED) is 0.199. The highest BCUT2D eigenvalue weighted by Crippen LogP contribution is 2.39. The van der Waals surface area contributed by atoms with Crippen LogP contribution in [0, 0.1) is 0 Å². The van der Waals surface area contributed by atoms with Crippen molar-refractivity contribution in [3.8, 4) is 28.2 Å². The Morgan fingerprint density at radius 3 is 1.50 bits per heavy atom. The van der Waals surface area contributed by atoms with Gasteiger partial charge < -0.3 is 13.9 Å². The maximum atomic E-state index is 6.59. The van der Waals surface area contributed by atoms with Crippen LogP contribution in [0.15, 0.2) is 121 Å². The number of benzene rings is 5. The van der Waals surface area contributed by atoms with Crippen LogP contribution in [0.5, 0.6) is 0 Å². The van der Waals surface area contributed by atoms with Gasteiger partial charge in [-0.05, 0) is 45.9 Å². The molecule has 0 aliphatic carbocycles. The van der Waals surface area contributed by atoms with Gasteiger partial charge in [0.15, 0.2) is 0 Å². The van der Waals surface area contributed by atoms with Gasteiger partial charge >= 0.3 is 7.12 Å². The summed E-state index contributed by atoms with van der Waals surface area (Å²) >= 11 is 0. The molecule has 7 aromatic rings. The largest absolute Gasteiger partial charge is 0.497 e. The Balaban J connectivity index is 1.49. The van der Waals surface area contributed by atoms with E-state index in [0.717, 1.165) is 55.7 Å². The zero-order chi connectivity index (χ0) is 30.1. The highest BCUT2D eigenvalue weighted by atomic mass is 16.7. The molecule has 0 radical (unpaired) electrons. The highest BCUT2D eigenvalue weighted by Gasteiger charge is 2.52. The van der Waals surface area contributed by atoms with E-state index in [2.05, 4.69) is 117 Å². The summed E-state index contributed by atoms with van der Waals surface area (Å²) in [5, 5.41) is 2.40. The molecule has 1 aliphatic heterocycles. The van der Waals surface area contributed by atoms with Crippen molar-refractivity contribution in [2.24, 2.45) is 0 Å². The van der Waals surface area contributed by atoms with Crippen LogP contribution >= 0.6 is 0 Å². The average Bonchev–Trinajstić information content (AvgIpc) is 3.49. The molecule has 1 aliphatic rings. The first-order chi connectivity index (χ1) is 21.3. The molecule has 5 nitrogen and oxygen atoms in total. The second kappa shape index (κ2) is 9.88. The predicted octanol–water partition coefficient (Wildman–Crippen LogP) is 8.36. The van der Waals surface area contributed by atoms with Gasteiger partial charge in [-0.1, -0.05) is 103 Å². The topological polar surface area (TPSA) is 49.2 Å². The van der Waals surface area contributed by atoms with E-state index in [0.29, 0.717) is 0 Å². The fraction of sp³-hybridized carbons (Fsp3) is 0.158. The third-order valence-electron chi connectivity index (χ3n) is 9.26. The lowest BCUT2D eigenvalue weighted by molar-refractivity contribution is 0.00578. The van der Waals surface area contributed by atoms with E-state index in [4.69, 9.17) is 19.3 Å². The predicted molar refractivity (Wildman–Crippen MR) is 180 cm³/mol. The number of hydrogen-bond acceptors (Lipinski definition) is 4. The van der Waals surface area contributed by atoms with Crippen molar-refractivity contribution in [3.05, 3.63) is 121 Å². The lowest BCUT2D eigenvalue weighted by Crippen LogP contribution is -2.41. The molecule has 0 amide bonds. The summed E-state index contributed by atoms with van der Waals surface area (Å²) in [6, 6.07) is 41.9. The molecule has 2 aromatic heterocycles. The number of para-hydroxylation sites is 2. The van der Waals surface area contributed by atoms with E-state index < -0.39 is 18.3 Å². The van der Waals surface area contributed by atoms with Gasteiger partial charge in [0.25, 0.3) is 0 Å². The van der Waals surface area contributed by atoms with Crippen LogP contribution in [0.2, 0.25) is 0 Å². The minimum Gasteiger partial charge on any atom is -0.399 e. The van der Waals surface area contributed by atoms with E-state index >= 15 is 0 Å². The van der Waals surface area contributed by atoms with Crippen LogP contribution < -0.4 is 5.46 Å². The van der Waals surface area contributed by atoms with Crippen molar-refractivity contribution >= 4 is 45.4 Å². The molecule has 0 atom stereocenters. The summed E-state index contributed by atoms with van der Waals surface area (Å²) in [4.78, 5) is 11.0. The lowest BCUT2D eigenvalue weighted by atomic mass is 9.77. The van der Waals surface area contributed by atoms with E-state index in [-0.39, 0.29) is 0 Å². The Labute approximate surface area is 257 Å². The molecule has 8 rings (SSSR count). The summed E-state index contributed by atoms with van der Waals surface area (Å²) in [7, 11) is -0.588. The SMILES string of the molecule is CC1(C)OB(c2ccc(-n3c4ccccc4c4ccccc43)c3nc(-c4ccccc4)c(-c4ccccc4)nc23)OC1(C)C. The van der Waals surface area contributed by atoms with Crippen molar-refractivity contribution in [2.45, 2.75) is 38.9 Å². The first-order valence-electron chi connectivity index (χ1n) is 15.1. The Bertz CT molecular complexity index is 2120. The van der Waals surface area contributed by atoms with E-state index in [1.807, 2.05) is 36.4 Å². The standard InChI is InChI=1S/C38H32BN3O2/c1-37(2)38(3,4)44-39(43-37)29-23-24-32(42-30-21-13-11-19-27(30)28-20-12-14-22-31(28)42)36-35(29)40-33(25-15-7-5-8-16-25)34(41-36)26-17-9-6-10-18-26/h5-24H,1-4H3. The Morgan fingerprint density at radius 2 is 0.977 bits per heavy atom. The van der Waals surface area contributed by atoms with Crippen LogP contribution in [-0.4, -0.2) is 32.9 Å². The van der Waals surface area contributed by atoms with Crippen molar-refractivity contribution in [1.29, 1.82) is 0 Å². The second-order valence-corrected chi connectivity index (χ2v) is 12.5. The maximum Gasteiger partial charge on any atom is 0.497 e. The van der Waals surface area contributed by atoms with E-state index in [1.165, 1.54) is 10.8 Å². The fourth-order valence-corrected chi connectivity index (χ4v) is 6.26. The first-order valence-corrected chi connectivity index (χ1v) is 15.1. The van der Waals surface area contributed by atoms with Gasteiger partial charge in [-0.3, -0.25) is 0 Å². The summed E-state index contributed by atoms with van der Waals surface area (Å²) in [6.07, 6.45) is 0. The summed E-state index contributed by atoms with van der Waals surface area (Å²) in [5.41, 5.74) is 8.31. The molecule has 214 valence electrons. The minimum atomic E-state index is -0.588. The van der Waals surface area contributed by atoms with Gasteiger partial charge in [0.05, 0.1) is 44.8 Å². The molecule has 0 unspecified atom stereocenters. The van der Waals surface area contributed by atoms with Crippen LogP contribution in [0.1, 0.15) is 27.7 Å². The monoisotopic (exact) mass is 573 g/mol. The van der Waals surface area contributed by atoms with Crippen molar-refractivity contribution in [1.82, 2.24) is 14.5 Å². The average molecular weight is 574 g/mol. The summed E-state index contributed by atoms with van der Waals surface area (Å²) in [5.74, 6) is 0. The molecule has 5 aromatic carbocycles. The maximum absolute atomic E-state index is 6.59. The van der Waals surface area contributed by atoms with Gasteiger partial charge in [-0.25, -0.2) is 9.97 Å². The first kappa shape index (κ1) is 26.8. The van der Waals surface area contributed by atoms with Gasteiger partial charge in [0, 0.05) is 27.4 Å². The molecule has 44 heavy (non-hydrogen) atoms. The van der Waals surface area contributed by atoms with E-state index in [1.54, 1.807) is 0 Å². The molecule has 0 N–H and O–H groups in total. The third-order valence-corrected chi connectivity index (χ3v) is 9.26. The number of hydrogen-bond donors (Lipinski definition) is 0. The van der Waals surface area contributed by atoms with Gasteiger partial charge in [-0.2, -0.15) is 0 Å². The Hall–Kier alpha value is -4.78. The molecule has 0 bridgehead atoms. The normalized spacial score (nSPS) is 15.9. The fourth-order valence-electron chi connectivity index (χ4n) is 6.26. The highest BCUT2D eigenvalue weighted by molar-refractivity contribution is 6.65. The van der Waals surface area contributed by atoms with Gasteiger partial charge in [0.2, 0.25) is 0 Å². The molecule has 6 heteroatoms. The summed E-state index contributed by atoms with van der Waals surface area (Å²) < 4.78 is 15.5. The van der Waals surface area contributed by atoms with Crippen LogP contribution in [0.4, 0.5) is 0 Å². The van der Waals surface area contributed by atoms with Crippen molar-refractivity contribution in [3.63, 3.8) is 0 Å². The second-order valence-electron chi connectivity index (χ2n) is 12.5. The molecule has 3 heterocycles. The Kier molecular flexibility index (Phi) is 6.02. The minimum absolute atomic E-state index is 0.491. The van der Waals surface area contributed by atoms with Crippen molar-refractivity contribution in [2.75, 3.05) is 0 Å². The number of rotatable bonds is 4. The van der Waals surface area contributed by atoms with Crippen molar-refractivity contribution < 1.29 is 9.31 Å². The van der Waals surface area contributed by atoms with Gasteiger partial charge in [0.1, 0.15) is 5.52 Å². The summed E-state index contributed by atoms with van der Waals surface area (Å²) in [6.45, 7) is 8.32. The zero-order valence-corrected chi connectivity index (χ0v) is 25.3. The van der Waals surface area contributed by atoms with E-state index in [9.17, 15) is 0 Å². The number of nitrogens with zero attached hydrogens (tertiary/aromatic N) is 3. The smallest absolute Gasteiger partial charge is 0.399 e. The molecular formula is C38H32BN3O2.